The zero-order valence-electron chi connectivity index (χ0n) is 7.81. The summed E-state index contributed by atoms with van der Waals surface area (Å²) in [6.45, 7) is 3.98. The number of carbonyl (C=O) groups excluding carboxylic acids is 1. The summed E-state index contributed by atoms with van der Waals surface area (Å²) in [5, 5.41) is 2.57. The van der Waals surface area contributed by atoms with Gasteiger partial charge in [0.05, 0.1) is 18.6 Å². The van der Waals surface area contributed by atoms with Crippen LogP contribution >= 0.6 is 0 Å². The summed E-state index contributed by atoms with van der Waals surface area (Å²) in [5.74, 6) is 2.25. The highest BCUT2D eigenvalue weighted by atomic mass is 16.5. The van der Waals surface area contributed by atoms with E-state index in [1.54, 1.807) is 7.11 Å². The van der Waals surface area contributed by atoms with Gasteiger partial charge >= 0.3 is 0 Å². The number of amides is 1. The van der Waals surface area contributed by atoms with E-state index in [1.165, 1.54) is 0 Å². The maximum atomic E-state index is 11.1. The van der Waals surface area contributed by atoms with Crippen molar-refractivity contribution in [2.75, 3.05) is 13.7 Å². The number of ether oxygens (including phenoxy) is 1. The summed E-state index contributed by atoms with van der Waals surface area (Å²) < 4.78 is 5.08. The van der Waals surface area contributed by atoms with Crippen LogP contribution in [0.25, 0.3) is 0 Å². The summed E-state index contributed by atoms with van der Waals surface area (Å²) in [5.41, 5.74) is -0.418. The number of rotatable bonds is 4. The van der Waals surface area contributed by atoms with Gasteiger partial charge in [0.2, 0.25) is 5.91 Å². The molecular formula is C9H15NO2. The summed E-state index contributed by atoms with van der Waals surface area (Å²) in [7, 11) is 1.58. The monoisotopic (exact) mass is 169 g/mol. The molecule has 0 aromatic carbocycles. The molecule has 0 rings (SSSR count). The largest absolute Gasteiger partial charge is 0.378 e. The van der Waals surface area contributed by atoms with E-state index in [0.29, 0.717) is 6.42 Å². The molecule has 0 aromatic heterocycles. The van der Waals surface area contributed by atoms with Crippen molar-refractivity contribution in [2.24, 2.45) is 0 Å². The van der Waals surface area contributed by atoms with Crippen LogP contribution in [-0.2, 0) is 9.53 Å². The molecule has 0 bridgehead atoms. The van der Waals surface area contributed by atoms with Gasteiger partial charge in [0.25, 0.3) is 0 Å². The number of hydrogen-bond donors (Lipinski definition) is 1. The second kappa shape index (κ2) is 4.78. The zero-order valence-corrected chi connectivity index (χ0v) is 7.81. The first-order valence-corrected chi connectivity index (χ1v) is 3.77. The molecule has 0 atom stereocenters. The lowest BCUT2D eigenvalue weighted by atomic mass is 10.1. The molecule has 0 radical (unpaired) electrons. The first-order chi connectivity index (χ1) is 5.52. The van der Waals surface area contributed by atoms with Crippen LogP contribution in [-0.4, -0.2) is 25.2 Å². The van der Waals surface area contributed by atoms with E-state index >= 15 is 0 Å². The summed E-state index contributed by atoms with van der Waals surface area (Å²) in [4.78, 5) is 11.1. The second-order valence-electron chi connectivity index (χ2n) is 3.12. The molecule has 0 fully saturated rings. The average Bonchev–Trinajstić information content (AvgIpc) is 2.00. The molecule has 0 saturated heterocycles. The third kappa shape index (κ3) is 4.75. The first-order valence-electron chi connectivity index (χ1n) is 3.77. The lowest BCUT2D eigenvalue weighted by Gasteiger charge is -2.21. The van der Waals surface area contributed by atoms with Crippen molar-refractivity contribution in [3.05, 3.63) is 0 Å². The number of methoxy groups -OCH3 is 1. The minimum Gasteiger partial charge on any atom is -0.378 e. The highest BCUT2D eigenvalue weighted by Gasteiger charge is 2.20. The Balaban J connectivity index is 3.78. The van der Waals surface area contributed by atoms with Crippen LogP contribution in [0.4, 0.5) is 0 Å². The molecule has 68 valence electrons. The predicted molar refractivity (Wildman–Crippen MR) is 47.5 cm³/mol. The van der Waals surface area contributed by atoms with Gasteiger partial charge in [-0.25, -0.2) is 0 Å². The molecule has 0 spiro atoms. The Kier molecular flexibility index (Phi) is 4.38. The number of terminal acetylenes is 1. The van der Waals surface area contributed by atoms with Gasteiger partial charge in [-0.1, -0.05) is 5.92 Å². The maximum Gasteiger partial charge on any atom is 0.223 e. The molecule has 1 N–H and O–H groups in total. The van der Waals surface area contributed by atoms with Crippen LogP contribution in [0.1, 0.15) is 20.3 Å². The third-order valence-corrected chi connectivity index (χ3v) is 1.53. The minimum absolute atomic E-state index is 0.0835. The van der Waals surface area contributed by atoms with Gasteiger partial charge in [-0.3, -0.25) is 4.79 Å². The Hall–Kier alpha value is -1.01. The smallest absolute Gasteiger partial charge is 0.223 e. The zero-order chi connectivity index (χ0) is 9.61. The first kappa shape index (κ1) is 11.0. The number of hydrogen-bond acceptors (Lipinski definition) is 2. The molecule has 1 amide bonds. The number of nitrogens with one attached hydrogen (secondary N) is 1. The molecular weight excluding hydrogens is 154 g/mol. The average molecular weight is 169 g/mol. The Morgan fingerprint density at radius 2 is 2.25 bits per heavy atom. The van der Waals surface area contributed by atoms with E-state index in [9.17, 15) is 4.79 Å². The molecule has 0 aliphatic heterocycles. The Bertz CT molecular complexity index is 191. The molecule has 3 nitrogen and oxygen atoms in total. The van der Waals surface area contributed by atoms with Gasteiger partial charge in [0.15, 0.2) is 0 Å². The molecule has 0 saturated carbocycles. The maximum absolute atomic E-state index is 11.1. The Morgan fingerprint density at radius 3 is 2.67 bits per heavy atom. The van der Waals surface area contributed by atoms with Crippen molar-refractivity contribution in [3.63, 3.8) is 0 Å². The van der Waals surface area contributed by atoms with Crippen molar-refractivity contribution in [1.29, 1.82) is 0 Å². The van der Waals surface area contributed by atoms with Gasteiger partial charge in [-0.15, -0.1) is 6.42 Å². The van der Waals surface area contributed by atoms with E-state index in [0.717, 1.165) is 0 Å². The van der Waals surface area contributed by atoms with Crippen molar-refractivity contribution < 1.29 is 9.53 Å². The highest BCUT2D eigenvalue weighted by molar-refractivity contribution is 5.77. The Morgan fingerprint density at radius 1 is 1.67 bits per heavy atom. The van der Waals surface area contributed by atoms with Crippen LogP contribution in [0.3, 0.4) is 0 Å². The summed E-state index contributed by atoms with van der Waals surface area (Å²) in [6, 6.07) is 0. The van der Waals surface area contributed by atoms with Crippen molar-refractivity contribution in [1.82, 2.24) is 5.32 Å². The van der Waals surface area contributed by atoms with Crippen LogP contribution in [0.2, 0.25) is 0 Å². The standard InChI is InChI=1S/C9H15NO2/c1-5-6-10-8(11)7-9(2,3)12-4/h1H,6-7H2,2-4H3,(H,10,11). The fraction of sp³-hybridized carbons (Fsp3) is 0.667. The minimum atomic E-state index is -0.418. The van der Waals surface area contributed by atoms with Crippen LogP contribution in [0, 0.1) is 12.3 Å². The van der Waals surface area contributed by atoms with E-state index in [2.05, 4.69) is 11.2 Å². The SMILES string of the molecule is C#CCNC(=O)CC(C)(C)OC. The fourth-order valence-corrected chi connectivity index (χ4v) is 0.671. The highest BCUT2D eigenvalue weighted by Crippen LogP contribution is 2.11. The van der Waals surface area contributed by atoms with Crippen LogP contribution in [0.5, 0.6) is 0 Å². The van der Waals surface area contributed by atoms with Crippen molar-refractivity contribution in [3.8, 4) is 12.3 Å². The summed E-state index contributed by atoms with van der Waals surface area (Å²) in [6.07, 6.45) is 5.30. The predicted octanol–water partition coefficient (Wildman–Crippen LogP) is 0.551. The molecule has 0 aromatic rings. The molecule has 0 heterocycles. The van der Waals surface area contributed by atoms with Gasteiger partial charge in [-0.05, 0) is 13.8 Å². The molecule has 0 aliphatic rings. The van der Waals surface area contributed by atoms with Crippen LogP contribution in [0.15, 0.2) is 0 Å². The lowest BCUT2D eigenvalue weighted by molar-refractivity contribution is -0.125. The van der Waals surface area contributed by atoms with E-state index in [1.807, 2.05) is 13.8 Å². The molecule has 3 heteroatoms. The van der Waals surface area contributed by atoms with Gasteiger partial charge in [0.1, 0.15) is 0 Å². The topological polar surface area (TPSA) is 38.3 Å². The quantitative estimate of drug-likeness (QED) is 0.624. The molecule has 0 unspecified atom stereocenters. The van der Waals surface area contributed by atoms with Crippen molar-refractivity contribution in [2.45, 2.75) is 25.9 Å². The van der Waals surface area contributed by atoms with Gasteiger partial charge in [-0.2, -0.15) is 0 Å². The van der Waals surface area contributed by atoms with Crippen molar-refractivity contribution >= 4 is 5.91 Å². The van der Waals surface area contributed by atoms with E-state index in [4.69, 9.17) is 11.2 Å². The normalized spacial score (nSPS) is 10.5. The third-order valence-electron chi connectivity index (χ3n) is 1.53. The van der Waals surface area contributed by atoms with Gasteiger partial charge < -0.3 is 10.1 Å². The van der Waals surface area contributed by atoms with Crippen LogP contribution < -0.4 is 5.32 Å². The van der Waals surface area contributed by atoms with E-state index in [-0.39, 0.29) is 12.5 Å². The fourth-order valence-electron chi connectivity index (χ4n) is 0.671. The lowest BCUT2D eigenvalue weighted by Crippen LogP contribution is -2.33. The number of carbonyl (C=O) groups is 1. The van der Waals surface area contributed by atoms with Gasteiger partial charge in [0, 0.05) is 7.11 Å². The molecule has 12 heavy (non-hydrogen) atoms. The van der Waals surface area contributed by atoms with E-state index < -0.39 is 5.60 Å². The Labute approximate surface area is 73.5 Å². The molecule has 0 aliphatic carbocycles. The second-order valence-corrected chi connectivity index (χ2v) is 3.12. The summed E-state index contributed by atoms with van der Waals surface area (Å²) >= 11 is 0.